The van der Waals surface area contributed by atoms with Crippen LogP contribution in [0.1, 0.15) is 71.6 Å². The highest BCUT2D eigenvalue weighted by atomic mass is 16.4. The molecule has 5 heteroatoms. The Labute approximate surface area is 127 Å². The number of carboxylic acid groups (broad SMARTS) is 1. The summed E-state index contributed by atoms with van der Waals surface area (Å²) in [5, 5.41) is 12.5. The van der Waals surface area contributed by atoms with Crippen molar-refractivity contribution >= 4 is 12.0 Å². The van der Waals surface area contributed by atoms with E-state index in [2.05, 4.69) is 19.2 Å². The van der Waals surface area contributed by atoms with E-state index in [-0.39, 0.29) is 18.1 Å². The molecule has 0 aromatic rings. The highest BCUT2D eigenvalue weighted by Gasteiger charge is 2.42. The minimum atomic E-state index is -1.07. The number of carbonyl (C=O) groups is 2. The van der Waals surface area contributed by atoms with E-state index in [1.807, 2.05) is 4.90 Å². The number of likely N-dealkylation sites (tertiary alicyclic amines) is 1. The summed E-state index contributed by atoms with van der Waals surface area (Å²) in [6, 6.07) is 0.176. The number of nitrogens with one attached hydrogen (secondary N) is 1. The lowest BCUT2D eigenvalue weighted by atomic mass is 9.90. The van der Waals surface area contributed by atoms with Gasteiger partial charge >= 0.3 is 12.0 Å². The Hall–Kier alpha value is -1.26. The van der Waals surface area contributed by atoms with Gasteiger partial charge in [-0.1, -0.05) is 25.7 Å². The summed E-state index contributed by atoms with van der Waals surface area (Å²) in [5.74, 6) is -0.880. The van der Waals surface area contributed by atoms with Crippen LogP contribution in [-0.4, -0.2) is 39.6 Å². The van der Waals surface area contributed by atoms with Crippen molar-refractivity contribution < 1.29 is 14.7 Å². The number of amides is 2. The van der Waals surface area contributed by atoms with Gasteiger partial charge in [0.15, 0.2) is 0 Å². The zero-order valence-electron chi connectivity index (χ0n) is 13.2. The van der Waals surface area contributed by atoms with Crippen molar-refractivity contribution in [2.24, 2.45) is 0 Å². The van der Waals surface area contributed by atoms with Crippen LogP contribution in [0, 0.1) is 0 Å². The molecule has 2 unspecified atom stereocenters. The number of carboxylic acids is 1. The summed E-state index contributed by atoms with van der Waals surface area (Å²) >= 11 is 0. The molecule has 120 valence electrons. The van der Waals surface area contributed by atoms with Gasteiger partial charge < -0.3 is 15.3 Å². The summed E-state index contributed by atoms with van der Waals surface area (Å²) < 4.78 is 0. The number of carbonyl (C=O) groups excluding carboxylic acids is 1. The number of aliphatic carboxylic acids is 1. The molecule has 2 atom stereocenters. The number of nitrogens with zero attached hydrogens (tertiary/aromatic N) is 1. The third-order valence-electron chi connectivity index (χ3n) is 5.14. The van der Waals surface area contributed by atoms with Crippen molar-refractivity contribution in [2.75, 3.05) is 0 Å². The summed E-state index contributed by atoms with van der Waals surface area (Å²) in [7, 11) is 0. The Balaban J connectivity index is 2.12. The molecular formula is C16H28N2O3. The van der Waals surface area contributed by atoms with Crippen molar-refractivity contribution in [3.8, 4) is 0 Å². The van der Waals surface area contributed by atoms with Gasteiger partial charge in [-0.15, -0.1) is 0 Å². The van der Waals surface area contributed by atoms with Gasteiger partial charge in [0.2, 0.25) is 0 Å². The Morgan fingerprint density at radius 3 is 2.00 bits per heavy atom. The number of hydrogen-bond acceptors (Lipinski definition) is 2. The molecule has 1 saturated carbocycles. The normalized spacial score (nSPS) is 29.5. The Kier molecular flexibility index (Phi) is 5.12. The first-order chi connectivity index (χ1) is 9.96. The Morgan fingerprint density at radius 2 is 1.52 bits per heavy atom. The maximum absolute atomic E-state index is 12.7. The van der Waals surface area contributed by atoms with Gasteiger partial charge in [-0.3, -0.25) is 0 Å². The molecule has 2 fully saturated rings. The van der Waals surface area contributed by atoms with E-state index in [4.69, 9.17) is 0 Å². The van der Waals surface area contributed by atoms with Gasteiger partial charge in [-0.05, 0) is 46.0 Å². The fraction of sp³-hybridized carbons (Fsp3) is 0.875. The highest BCUT2D eigenvalue weighted by molar-refractivity contribution is 5.86. The van der Waals surface area contributed by atoms with E-state index in [1.54, 1.807) is 0 Å². The molecule has 21 heavy (non-hydrogen) atoms. The number of rotatable bonds is 2. The average Bonchev–Trinajstić information content (AvgIpc) is 2.65. The Morgan fingerprint density at radius 1 is 1.00 bits per heavy atom. The standard InChI is InChI=1S/C16H28N2O3/c1-12-8-7-9-13(2)18(12)15(21)17-16(14(19)20)10-5-3-4-6-11-16/h12-13H,3-11H2,1-2H3,(H,17,21)(H,19,20). The third kappa shape index (κ3) is 3.50. The van der Waals surface area contributed by atoms with Crippen LogP contribution in [0.5, 0.6) is 0 Å². The van der Waals surface area contributed by atoms with E-state index < -0.39 is 11.5 Å². The van der Waals surface area contributed by atoms with Crippen LogP contribution in [0.15, 0.2) is 0 Å². The molecule has 1 saturated heterocycles. The predicted molar refractivity (Wildman–Crippen MR) is 81.2 cm³/mol. The van der Waals surface area contributed by atoms with Crippen LogP contribution in [0.25, 0.3) is 0 Å². The number of hydrogen-bond donors (Lipinski definition) is 2. The molecular weight excluding hydrogens is 268 g/mol. The van der Waals surface area contributed by atoms with Gasteiger partial charge in [-0.2, -0.15) is 0 Å². The van der Waals surface area contributed by atoms with E-state index in [0.717, 1.165) is 44.9 Å². The van der Waals surface area contributed by atoms with Gasteiger partial charge in [0, 0.05) is 12.1 Å². The molecule has 2 amide bonds. The second-order valence-electron chi connectivity index (χ2n) is 6.77. The monoisotopic (exact) mass is 296 g/mol. The Bertz CT molecular complexity index is 379. The van der Waals surface area contributed by atoms with E-state index in [0.29, 0.717) is 12.8 Å². The first-order valence-corrected chi connectivity index (χ1v) is 8.30. The molecule has 1 aliphatic carbocycles. The maximum atomic E-state index is 12.7. The lowest BCUT2D eigenvalue weighted by Gasteiger charge is -2.41. The van der Waals surface area contributed by atoms with E-state index in [9.17, 15) is 14.7 Å². The largest absolute Gasteiger partial charge is 0.480 e. The van der Waals surface area contributed by atoms with Crippen molar-refractivity contribution in [2.45, 2.75) is 89.3 Å². The number of piperidine rings is 1. The lowest BCUT2D eigenvalue weighted by Crippen LogP contribution is -2.61. The minimum Gasteiger partial charge on any atom is -0.480 e. The fourth-order valence-corrected chi connectivity index (χ4v) is 3.82. The molecule has 1 heterocycles. The summed E-state index contributed by atoms with van der Waals surface area (Å²) in [6.45, 7) is 4.10. The lowest BCUT2D eigenvalue weighted by molar-refractivity contribution is -0.145. The maximum Gasteiger partial charge on any atom is 0.329 e. The molecule has 5 nitrogen and oxygen atoms in total. The number of urea groups is 1. The summed E-state index contributed by atoms with van der Waals surface area (Å²) in [4.78, 5) is 26.3. The summed E-state index contributed by atoms with van der Waals surface area (Å²) in [5.41, 5.74) is -1.07. The third-order valence-corrected chi connectivity index (χ3v) is 5.14. The van der Waals surface area contributed by atoms with Crippen LogP contribution in [0.2, 0.25) is 0 Å². The minimum absolute atomic E-state index is 0.186. The van der Waals surface area contributed by atoms with Crippen molar-refractivity contribution in [3.05, 3.63) is 0 Å². The highest BCUT2D eigenvalue weighted by Crippen LogP contribution is 2.29. The predicted octanol–water partition coefficient (Wildman–Crippen LogP) is 3.14. The van der Waals surface area contributed by atoms with Crippen molar-refractivity contribution in [3.63, 3.8) is 0 Å². The molecule has 0 aromatic carbocycles. The second kappa shape index (κ2) is 6.67. The first-order valence-electron chi connectivity index (χ1n) is 8.30. The van der Waals surface area contributed by atoms with E-state index in [1.165, 1.54) is 0 Å². The van der Waals surface area contributed by atoms with Gasteiger partial charge in [0.1, 0.15) is 5.54 Å². The van der Waals surface area contributed by atoms with Crippen LogP contribution in [0.3, 0.4) is 0 Å². The summed E-state index contributed by atoms with van der Waals surface area (Å²) in [6.07, 6.45) is 8.08. The van der Waals surface area contributed by atoms with Crippen molar-refractivity contribution in [1.82, 2.24) is 10.2 Å². The zero-order chi connectivity index (χ0) is 15.5. The zero-order valence-corrected chi connectivity index (χ0v) is 13.2. The molecule has 0 bridgehead atoms. The molecule has 2 rings (SSSR count). The van der Waals surface area contributed by atoms with Crippen molar-refractivity contribution in [1.29, 1.82) is 0 Å². The average molecular weight is 296 g/mol. The molecule has 0 aromatic heterocycles. The second-order valence-corrected chi connectivity index (χ2v) is 6.77. The van der Waals surface area contributed by atoms with Crippen LogP contribution in [0.4, 0.5) is 4.79 Å². The fourth-order valence-electron chi connectivity index (χ4n) is 3.82. The smallest absolute Gasteiger partial charge is 0.329 e. The molecule has 0 radical (unpaired) electrons. The quantitative estimate of drug-likeness (QED) is 0.769. The molecule has 1 aliphatic heterocycles. The van der Waals surface area contributed by atoms with Gasteiger partial charge in [0.05, 0.1) is 0 Å². The van der Waals surface area contributed by atoms with Gasteiger partial charge in [0.25, 0.3) is 0 Å². The topological polar surface area (TPSA) is 69.6 Å². The molecule has 2 N–H and O–H groups in total. The van der Waals surface area contributed by atoms with Gasteiger partial charge in [-0.25, -0.2) is 9.59 Å². The molecule has 0 spiro atoms. The van der Waals surface area contributed by atoms with Crippen LogP contribution >= 0.6 is 0 Å². The van der Waals surface area contributed by atoms with Crippen LogP contribution in [-0.2, 0) is 4.79 Å². The molecule has 2 aliphatic rings. The van der Waals surface area contributed by atoms with E-state index >= 15 is 0 Å². The first kappa shape index (κ1) is 16.1. The SMILES string of the molecule is CC1CCCC(C)N1C(=O)NC1(C(=O)O)CCCCCC1. The van der Waals surface area contributed by atoms with Crippen LogP contribution < -0.4 is 5.32 Å².